The van der Waals surface area contributed by atoms with Crippen molar-refractivity contribution in [2.45, 2.75) is 33.1 Å². The second-order valence-corrected chi connectivity index (χ2v) is 4.72. The molecule has 3 heteroatoms. The predicted octanol–water partition coefficient (Wildman–Crippen LogP) is 1.60. The molecule has 0 amide bonds. The Morgan fingerprint density at radius 2 is 2.00 bits per heavy atom. The normalized spacial score (nSPS) is 11.7. The van der Waals surface area contributed by atoms with Crippen LogP contribution in [0.3, 0.4) is 0 Å². The number of rotatable bonds is 7. The van der Waals surface area contributed by atoms with Gasteiger partial charge < -0.3 is 10.6 Å². The molecule has 0 aromatic heterocycles. The Kier molecular flexibility index (Phi) is 6.52. The molecule has 0 aromatic rings. The van der Waals surface area contributed by atoms with Crippen LogP contribution in [0.5, 0.6) is 0 Å². The van der Waals surface area contributed by atoms with E-state index in [4.69, 9.17) is 11.0 Å². The summed E-state index contributed by atoms with van der Waals surface area (Å²) in [6.45, 7) is 7.16. The fourth-order valence-corrected chi connectivity index (χ4v) is 1.46. The van der Waals surface area contributed by atoms with Crippen LogP contribution in [0.25, 0.3) is 0 Å². The standard InChI is InChI=1S/C11H23N3/c1-11(2,9-13)10-14(3)8-6-4-5-7-12/h4-6,8-10,13H2,1-3H3. The zero-order valence-electron chi connectivity index (χ0n) is 9.71. The number of hydrogen-bond acceptors (Lipinski definition) is 3. The SMILES string of the molecule is CN(CCCCC#N)CC(C)(C)CN. The van der Waals surface area contributed by atoms with Crippen LogP contribution < -0.4 is 5.73 Å². The third kappa shape index (κ3) is 6.88. The number of hydrogen-bond donors (Lipinski definition) is 1. The van der Waals surface area contributed by atoms with Gasteiger partial charge in [0, 0.05) is 13.0 Å². The van der Waals surface area contributed by atoms with E-state index in [-0.39, 0.29) is 5.41 Å². The van der Waals surface area contributed by atoms with E-state index < -0.39 is 0 Å². The molecule has 0 saturated carbocycles. The van der Waals surface area contributed by atoms with Gasteiger partial charge in [0.15, 0.2) is 0 Å². The lowest BCUT2D eigenvalue weighted by molar-refractivity contribution is 0.213. The van der Waals surface area contributed by atoms with Crippen molar-refractivity contribution in [3.05, 3.63) is 0 Å². The summed E-state index contributed by atoms with van der Waals surface area (Å²) < 4.78 is 0. The molecule has 82 valence electrons. The second kappa shape index (κ2) is 6.80. The molecule has 3 nitrogen and oxygen atoms in total. The Morgan fingerprint density at radius 1 is 1.36 bits per heavy atom. The average Bonchev–Trinajstić information content (AvgIpc) is 2.12. The third-order valence-corrected chi connectivity index (χ3v) is 2.33. The minimum Gasteiger partial charge on any atom is -0.330 e. The molecule has 0 saturated heterocycles. The lowest BCUT2D eigenvalue weighted by Gasteiger charge is -2.28. The number of nitrogens with two attached hydrogens (primary N) is 1. The van der Waals surface area contributed by atoms with Crippen LogP contribution in [-0.4, -0.2) is 31.6 Å². The maximum absolute atomic E-state index is 8.38. The Labute approximate surface area is 87.9 Å². The second-order valence-electron chi connectivity index (χ2n) is 4.72. The predicted molar refractivity (Wildman–Crippen MR) is 59.8 cm³/mol. The van der Waals surface area contributed by atoms with Crippen molar-refractivity contribution in [1.82, 2.24) is 4.90 Å². The van der Waals surface area contributed by atoms with Gasteiger partial charge in [-0.1, -0.05) is 13.8 Å². The monoisotopic (exact) mass is 197 g/mol. The summed E-state index contributed by atoms with van der Waals surface area (Å²) in [5, 5.41) is 8.38. The van der Waals surface area contributed by atoms with E-state index in [1.165, 1.54) is 0 Å². The van der Waals surface area contributed by atoms with Crippen LogP contribution in [0.4, 0.5) is 0 Å². The maximum atomic E-state index is 8.38. The molecule has 2 N–H and O–H groups in total. The lowest BCUT2D eigenvalue weighted by Crippen LogP contribution is -2.37. The summed E-state index contributed by atoms with van der Waals surface area (Å²) in [4.78, 5) is 2.30. The van der Waals surface area contributed by atoms with Crippen LogP contribution in [0, 0.1) is 16.7 Å². The van der Waals surface area contributed by atoms with Gasteiger partial charge in [-0.3, -0.25) is 0 Å². The molecule has 0 radical (unpaired) electrons. The molecule has 0 unspecified atom stereocenters. The molecule has 0 aromatic carbocycles. The number of unbranched alkanes of at least 4 members (excludes halogenated alkanes) is 2. The summed E-state index contributed by atoms with van der Waals surface area (Å²) in [6.07, 6.45) is 2.78. The van der Waals surface area contributed by atoms with Crippen LogP contribution >= 0.6 is 0 Å². The highest BCUT2D eigenvalue weighted by Gasteiger charge is 2.17. The molecule has 0 atom stereocenters. The van der Waals surface area contributed by atoms with E-state index in [0.717, 1.165) is 32.5 Å². The highest BCUT2D eigenvalue weighted by atomic mass is 15.1. The lowest BCUT2D eigenvalue weighted by atomic mass is 9.93. The van der Waals surface area contributed by atoms with Gasteiger partial charge >= 0.3 is 0 Å². The molecular weight excluding hydrogens is 174 g/mol. The molecule has 0 heterocycles. The van der Waals surface area contributed by atoms with Gasteiger partial charge in [-0.05, 0) is 38.4 Å². The number of nitriles is 1. The van der Waals surface area contributed by atoms with Crippen molar-refractivity contribution in [2.24, 2.45) is 11.1 Å². The zero-order chi connectivity index (χ0) is 11.0. The van der Waals surface area contributed by atoms with E-state index in [9.17, 15) is 0 Å². The van der Waals surface area contributed by atoms with Crippen LogP contribution in [0.15, 0.2) is 0 Å². The first-order valence-electron chi connectivity index (χ1n) is 5.27. The Bertz CT molecular complexity index is 181. The largest absolute Gasteiger partial charge is 0.330 e. The smallest absolute Gasteiger partial charge is 0.0621 e. The van der Waals surface area contributed by atoms with Gasteiger partial charge in [0.1, 0.15) is 0 Å². The zero-order valence-corrected chi connectivity index (χ0v) is 9.71. The minimum absolute atomic E-state index is 0.198. The molecule has 0 aliphatic carbocycles. The molecule has 14 heavy (non-hydrogen) atoms. The fraction of sp³-hybridized carbons (Fsp3) is 0.909. The minimum atomic E-state index is 0.198. The fourth-order valence-electron chi connectivity index (χ4n) is 1.46. The van der Waals surface area contributed by atoms with Crippen LogP contribution in [-0.2, 0) is 0 Å². The van der Waals surface area contributed by atoms with Gasteiger partial charge in [0.05, 0.1) is 6.07 Å². The van der Waals surface area contributed by atoms with Crippen molar-refractivity contribution in [1.29, 1.82) is 5.26 Å². The first kappa shape index (κ1) is 13.4. The van der Waals surface area contributed by atoms with E-state index in [0.29, 0.717) is 6.42 Å². The third-order valence-electron chi connectivity index (χ3n) is 2.33. The molecule has 0 rings (SSSR count). The molecule has 0 fully saturated rings. The maximum Gasteiger partial charge on any atom is 0.0621 e. The van der Waals surface area contributed by atoms with Crippen molar-refractivity contribution >= 4 is 0 Å². The Morgan fingerprint density at radius 3 is 2.50 bits per heavy atom. The number of nitrogens with zero attached hydrogens (tertiary/aromatic N) is 2. The van der Waals surface area contributed by atoms with Crippen molar-refractivity contribution in [3.63, 3.8) is 0 Å². The van der Waals surface area contributed by atoms with E-state index >= 15 is 0 Å². The van der Waals surface area contributed by atoms with Gasteiger partial charge in [-0.2, -0.15) is 5.26 Å². The van der Waals surface area contributed by atoms with Gasteiger partial charge in [0.2, 0.25) is 0 Å². The van der Waals surface area contributed by atoms with Gasteiger partial charge in [-0.25, -0.2) is 0 Å². The van der Waals surface area contributed by atoms with E-state index in [1.807, 2.05) is 0 Å². The summed E-state index contributed by atoms with van der Waals surface area (Å²) in [7, 11) is 2.11. The molecule has 0 spiro atoms. The highest BCUT2D eigenvalue weighted by molar-refractivity contribution is 4.73. The van der Waals surface area contributed by atoms with Crippen LogP contribution in [0.1, 0.15) is 33.1 Å². The topological polar surface area (TPSA) is 53.0 Å². The average molecular weight is 197 g/mol. The Balaban J connectivity index is 3.56. The van der Waals surface area contributed by atoms with Gasteiger partial charge in [0.25, 0.3) is 0 Å². The molecule has 0 aliphatic heterocycles. The molecular formula is C11H23N3. The quantitative estimate of drug-likeness (QED) is 0.631. The Hall–Kier alpha value is -0.590. The van der Waals surface area contributed by atoms with Crippen molar-refractivity contribution < 1.29 is 0 Å². The van der Waals surface area contributed by atoms with E-state index in [2.05, 4.69) is 31.9 Å². The van der Waals surface area contributed by atoms with E-state index in [1.54, 1.807) is 0 Å². The molecule has 0 aliphatic rings. The summed E-state index contributed by atoms with van der Waals surface area (Å²) in [6, 6.07) is 2.16. The van der Waals surface area contributed by atoms with Crippen molar-refractivity contribution in [2.75, 3.05) is 26.7 Å². The highest BCUT2D eigenvalue weighted by Crippen LogP contribution is 2.14. The van der Waals surface area contributed by atoms with Gasteiger partial charge in [-0.15, -0.1) is 0 Å². The summed E-state index contributed by atoms with van der Waals surface area (Å²) in [5.74, 6) is 0. The first-order chi connectivity index (χ1) is 6.52. The van der Waals surface area contributed by atoms with Crippen molar-refractivity contribution in [3.8, 4) is 6.07 Å². The summed E-state index contributed by atoms with van der Waals surface area (Å²) >= 11 is 0. The summed E-state index contributed by atoms with van der Waals surface area (Å²) in [5.41, 5.74) is 5.86. The van der Waals surface area contributed by atoms with Crippen LogP contribution in [0.2, 0.25) is 0 Å². The molecule has 0 bridgehead atoms. The first-order valence-corrected chi connectivity index (χ1v) is 5.27.